The molecule has 1 aromatic rings. The molecular weight excluding hydrogens is 197 g/mol. The van der Waals surface area contributed by atoms with E-state index in [9.17, 15) is 13.2 Å². The Kier molecular flexibility index (Phi) is 3.47. The van der Waals surface area contributed by atoms with Crippen molar-refractivity contribution in [1.29, 1.82) is 0 Å². The highest BCUT2D eigenvalue weighted by Gasteiger charge is 2.06. The summed E-state index contributed by atoms with van der Waals surface area (Å²) in [5, 5.41) is 0. The lowest BCUT2D eigenvalue weighted by atomic mass is 10.2. The Labute approximate surface area is 77.2 Å². The largest absolute Gasteiger partial charge is 0.750 e. The van der Waals surface area contributed by atoms with Gasteiger partial charge >= 0.3 is 0 Å². The Morgan fingerprint density at radius 1 is 1.69 bits per heavy atom. The predicted molar refractivity (Wildman–Crippen MR) is 42.6 cm³/mol. The van der Waals surface area contributed by atoms with Crippen LogP contribution in [0.15, 0.2) is 18.3 Å². The summed E-state index contributed by atoms with van der Waals surface area (Å²) in [5.74, 6) is -0.612. The van der Waals surface area contributed by atoms with Crippen LogP contribution in [0.3, 0.4) is 0 Å². The average Bonchev–Trinajstić information content (AvgIpc) is 2.04. The molecule has 13 heavy (non-hydrogen) atoms. The molecule has 0 bridgehead atoms. The first-order valence-electron chi connectivity index (χ1n) is 3.47. The Balaban J connectivity index is 2.71. The third-order valence-corrected chi connectivity index (χ3v) is 1.89. The molecule has 0 aliphatic carbocycles. The lowest BCUT2D eigenvalue weighted by Crippen LogP contribution is -2.03. The van der Waals surface area contributed by atoms with Gasteiger partial charge in [0.1, 0.15) is 0 Å². The number of nitrogens with zero attached hydrogens (tertiary/aromatic N) is 1. The minimum absolute atomic E-state index is 0.505. The maximum absolute atomic E-state index is 12.3. The molecule has 0 aliphatic heterocycles. The van der Waals surface area contributed by atoms with Crippen molar-refractivity contribution in [3.63, 3.8) is 0 Å². The minimum Gasteiger partial charge on any atom is -0.750 e. The molecule has 1 heterocycles. The highest BCUT2D eigenvalue weighted by molar-refractivity contribution is 7.74. The van der Waals surface area contributed by atoms with Crippen LogP contribution in [0.4, 0.5) is 4.39 Å². The molecule has 0 saturated carbocycles. The van der Waals surface area contributed by atoms with Gasteiger partial charge in [-0.3, -0.25) is 4.18 Å². The van der Waals surface area contributed by atoms with Crippen LogP contribution in [0.1, 0.15) is 18.6 Å². The summed E-state index contributed by atoms with van der Waals surface area (Å²) < 4.78 is 37.0. The normalized spacial score (nSPS) is 15.3. The fourth-order valence-corrected chi connectivity index (χ4v) is 1.15. The van der Waals surface area contributed by atoms with Crippen molar-refractivity contribution in [3.05, 3.63) is 29.8 Å². The molecule has 0 amide bonds. The SMILES string of the molecule is CC(OS(=O)[O-])c1ccc(F)nc1. The zero-order valence-electron chi connectivity index (χ0n) is 6.77. The summed E-state index contributed by atoms with van der Waals surface area (Å²) in [6.07, 6.45) is 0.582. The van der Waals surface area contributed by atoms with Gasteiger partial charge in [0.2, 0.25) is 5.95 Å². The molecule has 1 aromatic heterocycles. The topological polar surface area (TPSA) is 62.2 Å². The van der Waals surface area contributed by atoms with Gasteiger partial charge in [-0.15, -0.1) is 0 Å². The summed E-state index contributed by atoms with van der Waals surface area (Å²) >= 11 is -2.57. The van der Waals surface area contributed by atoms with Gasteiger partial charge < -0.3 is 4.55 Å². The van der Waals surface area contributed by atoms with E-state index in [0.29, 0.717) is 5.56 Å². The molecule has 2 atom stereocenters. The number of halogens is 1. The first-order valence-corrected chi connectivity index (χ1v) is 4.47. The third kappa shape index (κ3) is 3.17. The molecule has 6 heteroatoms. The van der Waals surface area contributed by atoms with E-state index in [2.05, 4.69) is 9.17 Å². The minimum atomic E-state index is -2.57. The number of aromatic nitrogens is 1. The first kappa shape index (κ1) is 10.2. The quantitative estimate of drug-likeness (QED) is 0.546. The van der Waals surface area contributed by atoms with Gasteiger partial charge in [-0.05, 0) is 13.0 Å². The first-order chi connectivity index (χ1) is 6.09. The van der Waals surface area contributed by atoms with Gasteiger partial charge in [0.15, 0.2) is 0 Å². The molecule has 0 spiro atoms. The predicted octanol–water partition coefficient (Wildman–Crippen LogP) is 1.09. The highest BCUT2D eigenvalue weighted by atomic mass is 32.2. The summed E-state index contributed by atoms with van der Waals surface area (Å²) in [6.45, 7) is 1.53. The van der Waals surface area contributed by atoms with E-state index in [-0.39, 0.29) is 0 Å². The Bertz CT molecular complexity index is 303. The van der Waals surface area contributed by atoms with E-state index in [4.69, 9.17) is 0 Å². The van der Waals surface area contributed by atoms with Crippen LogP contribution in [-0.4, -0.2) is 13.7 Å². The van der Waals surface area contributed by atoms with E-state index >= 15 is 0 Å². The van der Waals surface area contributed by atoms with Crippen LogP contribution < -0.4 is 0 Å². The monoisotopic (exact) mass is 204 g/mol. The van der Waals surface area contributed by atoms with Gasteiger partial charge in [0.25, 0.3) is 0 Å². The molecule has 0 saturated heterocycles. The van der Waals surface area contributed by atoms with Crippen LogP contribution in [0, 0.1) is 5.95 Å². The second kappa shape index (κ2) is 4.40. The van der Waals surface area contributed by atoms with Crippen LogP contribution in [-0.2, 0) is 15.5 Å². The van der Waals surface area contributed by atoms with Crippen LogP contribution in [0.5, 0.6) is 0 Å². The molecule has 72 valence electrons. The van der Waals surface area contributed by atoms with Gasteiger partial charge in [0, 0.05) is 11.8 Å². The number of pyridine rings is 1. The van der Waals surface area contributed by atoms with Gasteiger partial charge in [-0.1, -0.05) is 6.07 Å². The van der Waals surface area contributed by atoms with E-state index in [0.717, 1.165) is 6.07 Å². The summed E-state index contributed by atoms with van der Waals surface area (Å²) in [7, 11) is 0. The van der Waals surface area contributed by atoms with Crippen molar-refractivity contribution in [2.75, 3.05) is 0 Å². The van der Waals surface area contributed by atoms with E-state index in [1.54, 1.807) is 0 Å². The van der Waals surface area contributed by atoms with Gasteiger partial charge in [-0.2, -0.15) is 4.39 Å². The molecule has 1 rings (SSSR count). The average molecular weight is 204 g/mol. The molecule has 0 fully saturated rings. The molecule has 0 radical (unpaired) electrons. The number of hydrogen-bond donors (Lipinski definition) is 0. The number of rotatable bonds is 3. The van der Waals surface area contributed by atoms with Crippen molar-refractivity contribution < 1.29 is 17.3 Å². The Morgan fingerprint density at radius 2 is 2.38 bits per heavy atom. The van der Waals surface area contributed by atoms with Crippen molar-refractivity contribution in [2.45, 2.75) is 13.0 Å². The lowest BCUT2D eigenvalue weighted by Gasteiger charge is -2.13. The van der Waals surface area contributed by atoms with Crippen molar-refractivity contribution in [2.24, 2.45) is 0 Å². The third-order valence-electron chi connectivity index (χ3n) is 1.44. The molecule has 0 N–H and O–H groups in total. The number of hydrogen-bond acceptors (Lipinski definition) is 4. The molecular formula is C7H7FNO3S-. The van der Waals surface area contributed by atoms with Crippen molar-refractivity contribution in [3.8, 4) is 0 Å². The summed E-state index contributed by atoms with van der Waals surface area (Å²) in [6, 6.07) is 2.56. The molecule has 0 aromatic carbocycles. The van der Waals surface area contributed by atoms with Crippen LogP contribution >= 0.6 is 0 Å². The zero-order chi connectivity index (χ0) is 9.84. The Morgan fingerprint density at radius 3 is 2.85 bits per heavy atom. The van der Waals surface area contributed by atoms with E-state index in [1.807, 2.05) is 0 Å². The van der Waals surface area contributed by atoms with E-state index in [1.165, 1.54) is 19.2 Å². The lowest BCUT2D eigenvalue weighted by molar-refractivity contribution is 0.223. The van der Waals surface area contributed by atoms with Crippen LogP contribution in [0.25, 0.3) is 0 Å². The summed E-state index contributed by atoms with van der Waals surface area (Å²) in [5.41, 5.74) is 0.505. The second-order valence-electron chi connectivity index (χ2n) is 2.36. The van der Waals surface area contributed by atoms with E-state index < -0.39 is 23.4 Å². The second-order valence-corrected chi connectivity index (χ2v) is 2.96. The van der Waals surface area contributed by atoms with Crippen LogP contribution in [0.2, 0.25) is 0 Å². The molecule has 0 aliphatic rings. The summed E-state index contributed by atoms with van der Waals surface area (Å²) in [4.78, 5) is 3.36. The molecule has 2 unspecified atom stereocenters. The van der Waals surface area contributed by atoms with Crippen molar-refractivity contribution in [1.82, 2.24) is 4.98 Å². The maximum atomic E-state index is 12.3. The molecule has 4 nitrogen and oxygen atoms in total. The smallest absolute Gasteiger partial charge is 0.212 e. The zero-order valence-corrected chi connectivity index (χ0v) is 7.58. The highest BCUT2D eigenvalue weighted by Crippen LogP contribution is 2.15. The van der Waals surface area contributed by atoms with Gasteiger partial charge in [-0.25, -0.2) is 9.19 Å². The standard InChI is InChI=1S/C7H8FNO3S/c1-5(12-13(10)11)6-2-3-7(8)9-4-6/h2-5H,1H3,(H,10,11)/p-1. The Hall–Kier alpha value is -0.850. The van der Waals surface area contributed by atoms with Gasteiger partial charge in [0.05, 0.1) is 17.5 Å². The fraction of sp³-hybridized carbons (Fsp3) is 0.286. The fourth-order valence-electron chi connectivity index (χ4n) is 0.801. The van der Waals surface area contributed by atoms with Crippen molar-refractivity contribution >= 4 is 11.4 Å². The maximum Gasteiger partial charge on any atom is 0.212 e.